The van der Waals surface area contributed by atoms with E-state index in [0.29, 0.717) is 30.2 Å². The number of β-lactam (4-membered cyclic amide) rings is 1. The van der Waals surface area contributed by atoms with Crippen LogP contribution in [0, 0.1) is 0 Å². The number of aliphatic imine (C=N–C) groups is 1. The van der Waals surface area contributed by atoms with Gasteiger partial charge in [-0.2, -0.15) is 17.8 Å². The van der Waals surface area contributed by atoms with Crippen LogP contribution in [0.4, 0.5) is 5.13 Å². The Morgan fingerprint density at radius 1 is 1.29 bits per heavy atom. The summed E-state index contributed by atoms with van der Waals surface area (Å²) in [5.41, 5.74) is 15.2. The average Bonchev–Trinajstić information content (AvgIpc) is 3.32. The minimum atomic E-state index is -4.89. The maximum Gasteiger partial charge on any atom is 0.362 e. The zero-order valence-electron chi connectivity index (χ0n) is 21.6. The maximum atomic E-state index is 13.0. The summed E-state index contributed by atoms with van der Waals surface area (Å²) in [5.74, 6) is -3.54. The monoisotopic (exact) mass is 613 g/mol. The van der Waals surface area contributed by atoms with Gasteiger partial charge in [0.25, 0.3) is 17.9 Å². The summed E-state index contributed by atoms with van der Waals surface area (Å²) >= 11 is 0.696. The maximum absolute atomic E-state index is 13.0. The van der Waals surface area contributed by atoms with Crippen LogP contribution in [0.2, 0.25) is 0 Å². The lowest BCUT2D eigenvalue weighted by atomic mass is 9.85. The van der Waals surface area contributed by atoms with Crippen LogP contribution in [-0.2, 0) is 29.5 Å². The van der Waals surface area contributed by atoms with E-state index in [9.17, 15) is 32.5 Å². The van der Waals surface area contributed by atoms with E-state index in [1.807, 2.05) is 0 Å². The highest BCUT2D eigenvalue weighted by Crippen LogP contribution is 2.34. The van der Waals surface area contributed by atoms with Crippen molar-refractivity contribution in [1.29, 1.82) is 0 Å². The van der Waals surface area contributed by atoms with E-state index in [-0.39, 0.29) is 26.8 Å². The van der Waals surface area contributed by atoms with E-state index in [4.69, 9.17) is 26.8 Å². The van der Waals surface area contributed by atoms with Crippen molar-refractivity contribution in [3.05, 3.63) is 35.7 Å². The third kappa shape index (κ3) is 7.22. The molecule has 9 N–H and O–H groups in total. The molecule has 0 spiro atoms. The molecule has 2 heterocycles. The van der Waals surface area contributed by atoms with Crippen LogP contribution in [0.25, 0.3) is 0 Å². The van der Waals surface area contributed by atoms with Crippen molar-refractivity contribution in [2.75, 3.05) is 25.4 Å². The molecule has 1 fully saturated rings. The zero-order valence-corrected chi connectivity index (χ0v) is 23.3. The van der Waals surface area contributed by atoms with E-state index in [1.165, 1.54) is 26.0 Å². The molecule has 2 unspecified atom stereocenters. The van der Waals surface area contributed by atoms with Crippen LogP contribution < -0.4 is 27.3 Å². The molecule has 2 atom stereocenters. The van der Waals surface area contributed by atoms with Gasteiger partial charge in [-0.15, -0.1) is 0 Å². The normalized spacial score (nSPS) is 17.9. The van der Waals surface area contributed by atoms with Crippen molar-refractivity contribution in [2.24, 2.45) is 21.6 Å². The summed E-state index contributed by atoms with van der Waals surface area (Å²) in [6, 6.07) is 4.85. The predicted molar refractivity (Wildman–Crippen MR) is 144 cm³/mol. The molecule has 20 heteroatoms. The van der Waals surface area contributed by atoms with Gasteiger partial charge in [0.1, 0.15) is 24.2 Å². The molecule has 1 aliphatic heterocycles. The second kappa shape index (κ2) is 12.4. The van der Waals surface area contributed by atoms with E-state index >= 15 is 0 Å². The minimum Gasteiger partial charge on any atom is -0.489 e. The number of ether oxygens (including phenoxy) is 1. The number of aliphatic carboxylic acids is 1. The summed E-state index contributed by atoms with van der Waals surface area (Å²) in [5, 5.41) is 15.4. The van der Waals surface area contributed by atoms with Crippen LogP contribution in [0.3, 0.4) is 0 Å². The first-order chi connectivity index (χ1) is 19.2. The minimum absolute atomic E-state index is 0.0617. The van der Waals surface area contributed by atoms with Crippen LogP contribution >= 0.6 is 11.5 Å². The number of rotatable bonds is 13. The molecule has 0 aliphatic carbocycles. The van der Waals surface area contributed by atoms with Crippen LogP contribution in [-0.4, -0.2) is 98.5 Å². The molecule has 222 valence electrons. The van der Waals surface area contributed by atoms with E-state index in [1.54, 1.807) is 12.1 Å². The molecule has 0 radical (unpaired) electrons. The predicted octanol–water partition coefficient (Wildman–Crippen LogP) is -2.05. The highest BCUT2D eigenvalue weighted by Gasteiger charge is 2.60. The molecular weight excluding hydrogens is 586 g/mol. The summed E-state index contributed by atoms with van der Waals surface area (Å²) < 4.78 is 41.8. The zero-order chi connectivity index (χ0) is 30.5. The van der Waals surface area contributed by atoms with E-state index in [2.05, 4.69) is 24.8 Å². The standard InChI is InChI=1S/C21H27N9O9S2/c1-21(2)14(18(32)30(21)41(35,36)37)26-17(31)13(16-27-20(24)40-29-16)28-39-12(19(33)34)9-38-11-5-3-10(4-6-11)15(23)25-8-7-22/h3-6,12,14H,7-9,22H2,1-2H3,(H2,23,25)(H,26,31)(H,33,34)(H2,24,27,29)(H,35,36,37). The molecule has 0 bridgehead atoms. The average molecular weight is 614 g/mol. The van der Waals surface area contributed by atoms with Crippen LogP contribution in [0.1, 0.15) is 25.2 Å². The van der Waals surface area contributed by atoms with Gasteiger partial charge in [0.05, 0.1) is 12.1 Å². The number of oxime groups is 1. The molecule has 2 aromatic rings. The molecule has 1 aliphatic rings. The molecule has 18 nitrogen and oxygen atoms in total. The van der Waals surface area contributed by atoms with Gasteiger partial charge in [0.15, 0.2) is 5.13 Å². The Morgan fingerprint density at radius 3 is 2.46 bits per heavy atom. The van der Waals surface area contributed by atoms with Gasteiger partial charge in [-0.05, 0) is 38.1 Å². The number of nitrogens with two attached hydrogens (primary N) is 3. The van der Waals surface area contributed by atoms with E-state index < -0.39 is 58.1 Å². The number of anilines is 1. The van der Waals surface area contributed by atoms with Gasteiger partial charge in [-0.3, -0.25) is 19.1 Å². The number of nitrogens with one attached hydrogen (secondary N) is 1. The van der Waals surface area contributed by atoms with Gasteiger partial charge >= 0.3 is 16.3 Å². The van der Waals surface area contributed by atoms with Crippen LogP contribution in [0.5, 0.6) is 5.75 Å². The molecule has 1 aromatic carbocycles. The van der Waals surface area contributed by atoms with Crippen molar-refractivity contribution in [1.82, 2.24) is 19.0 Å². The number of hydrogen-bond acceptors (Lipinski definition) is 14. The summed E-state index contributed by atoms with van der Waals surface area (Å²) in [6.07, 6.45) is -1.72. The number of nitrogens with zero attached hydrogens (tertiary/aromatic N) is 5. The molecule has 2 amide bonds. The number of amides is 2. The topological polar surface area (TPSA) is 288 Å². The Balaban J connectivity index is 1.75. The van der Waals surface area contributed by atoms with Gasteiger partial charge < -0.3 is 37.2 Å². The molecule has 1 aromatic heterocycles. The highest BCUT2D eigenvalue weighted by atomic mass is 32.2. The van der Waals surface area contributed by atoms with Crippen molar-refractivity contribution >= 4 is 56.3 Å². The SMILES string of the molecule is CC1(C)C(NC(=O)C(=NOC(COc2ccc(C(N)=NCCN)cc2)C(=O)O)c2nsc(N)n2)C(=O)N1S(=O)(=O)O. The van der Waals surface area contributed by atoms with Crippen molar-refractivity contribution in [3.63, 3.8) is 0 Å². The fourth-order valence-corrected chi connectivity index (χ4v) is 5.02. The largest absolute Gasteiger partial charge is 0.489 e. The summed E-state index contributed by atoms with van der Waals surface area (Å²) in [4.78, 5) is 50.1. The molecule has 1 saturated heterocycles. The van der Waals surface area contributed by atoms with Gasteiger partial charge in [0, 0.05) is 23.6 Å². The number of aromatic nitrogens is 2. The van der Waals surface area contributed by atoms with Crippen molar-refractivity contribution in [3.8, 4) is 5.75 Å². The Kier molecular flexibility index (Phi) is 9.42. The first kappa shape index (κ1) is 31.1. The molecule has 41 heavy (non-hydrogen) atoms. The number of carboxylic acid groups (broad SMARTS) is 1. The third-order valence-corrected chi connectivity index (χ3v) is 7.22. The van der Waals surface area contributed by atoms with Crippen LogP contribution in [0.15, 0.2) is 34.4 Å². The first-order valence-electron chi connectivity index (χ1n) is 11.6. The molecule has 3 rings (SSSR count). The lowest BCUT2D eigenvalue weighted by molar-refractivity contribution is -0.152. The second-order valence-electron chi connectivity index (χ2n) is 8.86. The third-order valence-electron chi connectivity index (χ3n) is 5.56. The fraction of sp³-hybridized carbons (Fsp3) is 0.381. The molecule has 0 saturated carbocycles. The van der Waals surface area contributed by atoms with E-state index in [0.717, 1.165) is 0 Å². The first-order valence-corrected chi connectivity index (χ1v) is 13.8. The van der Waals surface area contributed by atoms with Gasteiger partial charge in [-0.25, -0.2) is 9.10 Å². The summed E-state index contributed by atoms with van der Waals surface area (Å²) in [7, 11) is -4.89. The molecular formula is C21H27N9O9S2. The number of carbonyl (C=O) groups is 3. The van der Waals surface area contributed by atoms with Crippen molar-refractivity contribution < 1.29 is 42.0 Å². The lowest BCUT2D eigenvalue weighted by Crippen LogP contribution is -2.77. The summed E-state index contributed by atoms with van der Waals surface area (Å²) in [6.45, 7) is 2.70. The smallest absolute Gasteiger partial charge is 0.362 e. The Morgan fingerprint density at radius 2 is 1.95 bits per heavy atom. The highest BCUT2D eigenvalue weighted by molar-refractivity contribution is 7.84. The second-order valence-corrected chi connectivity index (χ2v) is 10.9. The Hall–Kier alpha value is -4.40. The lowest BCUT2D eigenvalue weighted by Gasteiger charge is -2.50. The Labute approximate surface area is 237 Å². The fourth-order valence-electron chi connectivity index (χ4n) is 3.55. The van der Waals surface area contributed by atoms with Crippen molar-refractivity contribution in [2.45, 2.75) is 31.5 Å². The number of carbonyl (C=O) groups excluding carboxylic acids is 2. The Bertz CT molecular complexity index is 1470. The number of amidine groups is 1. The van der Waals surface area contributed by atoms with Gasteiger partial charge in [-0.1, -0.05) is 5.16 Å². The number of hydrogen-bond donors (Lipinski definition) is 6. The number of benzene rings is 1. The van der Waals surface area contributed by atoms with Gasteiger partial charge in [0.2, 0.25) is 11.5 Å². The quantitative estimate of drug-likeness (QED) is 0.0466. The number of carboxylic acids is 1. The number of nitrogen functional groups attached to an aromatic ring is 1.